The van der Waals surface area contributed by atoms with E-state index in [-0.39, 0.29) is 0 Å². The first-order valence-electron chi connectivity index (χ1n) is 4.93. The van der Waals surface area contributed by atoms with Crippen molar-refractivity contribution < 1.29 is 5.11 Å². The summed E-state index contributed by atoms with van der Waals surface area (Å²) in [6, 6.07) is 0. The van der Waals surface area contributed by atoms with Crippen molar-refractivity contribution in [1.82, 2.24) is 14.8 Å². The van der Waals surface area contributed by atoms with Crippen molar-refractivity contribution in [2.24, 2.45) is 0 Å². The van der Waals surface area contributed by atoms with Gasteiger partial charge in [0.1, 0.15) is 12.7 Å². The zero-order chi connectivity index (χ0) is 13.6. The van der Waals surface area contributed by atoms with Crippen LogP contribution in [0, 0.1) is 0 Å². The van der Waals surface area contributed by atoms with Gasteiger partial charge >= 0.3 is 0 Å². The average Bonchev–Trinajstić information content (AvgIpc) is 2.80. The van der Waals surface area contributed by atoms with E-state index in [1.54, 1.807) is 21.0 Å². The molecule has 0 aromatic carbocycles. The highest BCUT2D eigenvalue weighted by Gasteiger charge is 2.29. The smallest absolute Gasteiger partial charge is 0.137 e. The first-order valence-corrected chi connectivity index (χ1v) is 8.35. The van der Waals surface area contributed by atoms with Crippen molar-refractivity contribution in [2.75, 3.05) is 0 Å². The monoisotopic (exact) mass is 505 g/mol. The molecule has 0 saturated heterocycles. The van der Waals surface area contributed by atoms with Crippen molar-refractivity contribution in [3.63, 3.8) is 0 Å². The van der Waals surface area contributed by atoms with Gasteiger partial charge in [-0.2, -0.15) is 5.10 Å². The molecule has 0 aliphatic heterocycles. The summed E-state index contributed by atoms with van der Waals surface area (Å²) in [7, 11) is 0. The van der Waals surface area contributed by atoms with Crippen LogP contribution in [-0.4, -0.2) is 25.5 Å². The molecular formula is C10H11Br4N3O. The van der Waals surface area contributed by atoms with Gasteiger partial charge in [-0.25, -0.2) is 4.98 Å². The van der Waals surface area contributed by atoms with E-state index in [4.69, 9.17) is 0 Å². The summed E-state index contributed by atoms with van der Waals surface area (Å²) in [4.78, 5) is 7.36. The molecule has 0 bridgehead atoms. The first kappa shape index (κ1) is 16.6. The Bertz CT molecular complexity index is 410. The van der Waals surface area contributed by atoms with Crippen LogP contribution in [0.5, 0.6) is 0 Å². The molecular weight excluding hydrogens is 498 g/mol. The minimum Gasteiger partial charge on any atom is -0.387 e. The van der Waals surface area contributed by atoms with Gasteiger partial charge in [0.2, 0.25) is 0 Å². The normalized spacial score (nSPS) is 14.1. The maximum absolute atomic E-state index is 10.7. The summed E-state index contributed by atoms with van der Waals surface area (Å²) < 4.78 is 3.36. The molecule has 0 aliphatic carbocycles. The van der Waals surface area contributed by atoms with E-state index in [1.807, 2.05) is 0 Å². The molecule has 0 aliphatic rings. The second-order valence-electron chi connectivity index (χ2n) is 3.78. The minimum absolute atomic E-state index is 0.360. The number of aliphatic hydroxyl groups is 1. The van der Waals surface area contributed by atoms with Gasteiger partial charge < -0.3 is 5.11 Å². The fraction of sp³-hybridized carbons (Fsp3) is 0.400. The van der Waals surface area contributed by atoms with E-state index >= 15 is 0 Å². The molecule has 0 unspecified atom stereocenters. The van der Waals surface area contributed by atoms with Gasteiger partial charge in [-0.05, 0) is 9.97 Å². The summed E-state index contributed by atoms with van der Waals surface area (Å²) in [5.41, 5.74) is -0.958. The second kappa shape index (κ2) is 7.94. The molecule has 100 valence electrons. The number of hydrogen-bond donors (Lipinski definition) is 1. The summed E-state index contributed by atoms with van der Waals surface area (Å²) >= 11 is 13.3. The van der Waals surface area contributed by atoms with Crippen molar-refractivity contribution in [1.29, 1.82) is 0 Å². The predicted octanol–water partition coefficient (Wildman–Crippen LogP) is 4.05. The number of hydrogen-bond acceptors (Lipinski definition) is 3. The third-order valence-electron chi connectivity index (χ3n) is 2.16. The lowest BCUT2D eigenvalue weighted by Crippen LogP contribution is -2.34. The van der Waals surface area contributed by atoms with Crippen molar-refractivity contribution in [3.8, 4) is 0 Å². The molecule has 8 heteroatoms. The highest BCUT2D eigenvalue weighted by Crippen LogP contribution is 2.31. The van der Waals surface area contributed by atoms with E-state index in [1.165, 1.54) is 6.33 Å². The van der Waals surface area contributed by atoms with Crippen LogP contribution in [0.1, 0.15) is 12.8 Å². The van der Waals surface area contributed by atoms with Gasteiger partial charge in [0.05, 0.1) is 12.1 Å². The lowest BCUT2D eigenvalue weighted by atomic mass is 9.95. The van der Waals surface area contributed by atoms with Crippen LogP contribution in [0.25, 0.3) is 0 Å². The molecule has 1 N–H and O–H groups in total. The van der Waals surface area contributed by atoms with E-state index in [2.05, 4.69) is 73.8 Å². The van der Waals surface area contributed by atoms with Crippen LogP contribution in [0.15, 0.2) is 31.6 Å². The lowest BCUT2D eigenvalue weighted by molar-refractivity contribution is 0.0238. The summed E-state index contributed by atoms with van der Waals surface area (Å²) in [6.07, 6.45) is 3.97. The standard InChI is InChI=1S/C10H11Br4N3O/c11-3-8(13)1-10(18,2-9(14)4-12)5-17-7-15-6-16-17/h3-4,6-7,18H,1-2,5H2/b8-3-,9-4-. The molecule has 18 heavy (non-hydrogen) atoms. The Balaban J connectivity index is 2.85. The number of nitrogens with zero attached hydrogens (tertiary/aromatic N) is 3. The Morgan fingerprint density at radius 1 is 1.22 bits per heavy atom. The fourth-order valence-corrected chi connectivity index (χ4v) is 2.86. The Morgan fingerprint density at radius 2 is 1.78 bits per heavy atom. The highest BCUT2D eigenvalue weighted by atomic mass is 79.9. The van der Waals surface area contributed by atoms with Crippen molar-refractivity contribution in [3.05, 3.63) is 31.6 Å². The van der Waals surface area contributed by atoms with Gasteiger partial charge in [-0.15, -0.1) is 0 Å². The SMILES string of the molecule is OC(C/C(Br)=C/Br)(C/C(Br)=C/Br)Cn1cncn1. The molecule has 1 aromatic heterocycles. The maximum Gasteiger partial charge on any atom is 0.137 e. The highest BCUT2D eigenvalue weighted by molar-refractivity contribution is 9.14. The van der Waals surface area contributed by atoms with Gasteiger partial charge in [0.15, 0.2) is 0 Å². The van der Waals surface area contributed by atoms with Gasteiger partial charge in [0, 0.05) is 21.8 Å². The molecule has 0 amide bonds. The van der Waals surface area contributed by atoms with E-state index in [9.17, 15) is 5.11 Å². The summed E-state index contributed by atoms with van der Waals surface area (Å²) in [5.74, 6) is 0. The second-order valence-corrected chi connectivity index (χ2v) is 6.74. The number of aromatic nitrogens is 3. The van der Waals surface area contributed by atoms with Crippen LogP contribution in [0.3, 0.4) is 0 Å². The van der Waals surface area contributed by atoms with E-state index in [0.717, 1.165) is 8.96 Å². The van der Waals surface area contributed by atoms with Crippen LogP contribution < -0.4 is 0 Å². The first-order chi connectivity index (χ1) is 8.49. The lowest BCUT2D eigenvalue weighted by Gasteiger charge is -2.27. The van der Waals surface area contributed by atoms with E-state index < -0.39 is 5.60 Å². The van der Waals surface area contributed by atoms with Crippen LogP contribution >= 0.6 is 63.7 Å². The maximum atomic E-state index is 10.7. The van der Waals surface area contributed by atoms with Crippen molar-refractivity contribution in [2.45, 2.75) is 25.0 Å². The topological polar surface area (TPSA) is 50.9 Å². The third-order valence-corrected chi connectivity index (χ3v) is 5.51. The molecule has 0 atom stereocenters. The quantitative estimate of drug-likeness (QED) is 0.631. The van der Waals surface area contributed by atoms with Gasteiger partial charge in [0.25, 0.3) is 0 Å². The molecule has 0 spiro atoms. The zero-order valence-electron chi connectivity index (χ0n) is 9.23. The molecule has 0 radical (unpaired) electrons. The molecule has 1 heterocycles. The summed E-state index contributed by atoms with van der Waals surface area (Å²) in [6.45, 7) is 0.360. The third kappa shape index (κ3) is 5.64. The Morgan fingerprint density at radius 3 is 2.17 bits per heavy atom. The predicted molar refractivity (Wildman–Crippen MR) is 86.1 cm³/mol. The average molecular weight is 509 g/mol. The summed E-state index contributed by atoms with van der Waals surface area (Å²) in [5, 5.41) is 14.7. The Kier molecular flexibility index (Phi) is 7.30. The molecule has 1 aromatic rings. The fourth-order valence-electron chi connectivity index (χ4n) is 1.50. The van der Waals surface area contributed by atoms with Crippen LogP contribution in [0.4, 0.5) is 0 Å². The Labute approximate surface area is 139 Å². The van der Waals surface area contributed by atoms with Crippen molar-refractivity contribution >= 4 is 63.7 Å². The molecule has 0 fully saturated rings. The molecule has 4 nitrogen and oxygen atoms in total. The largest absolute Gasteiger partial charge is 0.387 e. The molecule has 1 rings (SSSR count). The van der Waals surface area contributed by atoms with Crippen LogP contribution in [0.2, 0.25) is 0 Å². The minimum atomic E-state index is -0.958. The van der Waals surface area contributed by atoms with E-state index in [0.29, 0.717) is 19.4 Å². The Hall–Kier alpha value is 0.500. The van der Waals surface area contributed by atoms with Gasteiger partial charge in [-0.3, -0.25) is 4.68 Å². The van der Waals surface area contributed by atoms with Gasteiger partial charge in [-0.1, -0.05) is 63.7 Å². The van der Waals surface area contributed by atoms with Crippen LogP contribution in [-0.2, 0) is 6.54 Å². The zero-order valence-corrected chi connectivity index (χ0v) is 15.6. The number of halogens is 4. The molecule has 0 saturated carbocycles. The number of rotatable bonds is 6.